The molecule has 2 N–H and O–H groups in total. The van der Waals surface area contributed by atoms with Crippen molar-refractivity contribution in [2.45, 2.75) is 18.4 Å². The van der Waals surface area contributed by atoms with Crippen molar-refractivity contribution in [3.05, 3.63) is 60.4 Å². The normalized spacial score (nSPS) is 11.6. The summed E-state index contributed by atoms with van der Waals surface area (Å²) in [5.41, 5.74) is 2.73. The zero-order valence-corrected chi connectivity index (χ0v) is 15.1. The lowest BCUT2D eigenvalue weighted by atomic mass is 10.2. The van der Waals surface area contributed by atoms with Gasteiger partial charge in [-0.3, -0.25) is 4.79 Å². The minimum absolute atomic E-state index is 0.135. The fourth-order valence-electron chi connectivity index (χ4n) is 2.46. The zero-order chi connectivity index (χ0) is 18.6. The lowest BCUT2D eigenvalue weighted by Crippen LogP contribution is -2.38. The fourth-order valence-corrected chi connectivity index (χ4v) is 3.44. The predicted molar refractivity (Wildman–Crippen MR) is 97.9 cm³/mol. The van der Waals surface area contributed by atoms with Gasteiger partial charge in [-0.2, -0.15) is 0 Å². The van der Waals surface area contributed by atoms with Gasteiger partial charge in [-0.25, -0.2) is 18.1 Å². The van der Waals surface area contributed by atoms with Gasteiger partial charge in [0, 0.05) is 13.1 Å². The molecule has 1 radical (unpaired) electrons. The SMILES string of the molecule is Cc1ccc(S(=O)(=O)NCC(=O)NCCn2[c]nc3ccccc32)cc1. The average Bonchev–Trinajstić information content (AvgIpc) is 3.04. The number of imidazole rings is 1. The van der Waals surface area contributed by atoms with Crippen LogP contribution in [-0.4, -0.2) is 37.0 Å². The number of para-hydroxylation sites is 2. The second-order valence-corrected chi connectivity index (χ2v) is 7.61. The number of benzene rings is 2. The lowest BCUT2D eigenvalue weighted by molar-refractivity contribution is -0.119. The first kappa shape index (κ1) is 18.1. The van der Waals surface area contributed by atoms with Crippen LogP contribution in [0.1, 0.15) is 5.56 Å². The van der Waals surface area contributed by atoms with Crippen molar-refractivity contribution in [2.75, 3.05) is 13.1 Å². The van der Waals surface area contributed by atoms with E-state index in [0.717, 1.165) is 16.6 Å². The molecule has 3 rings (SSSR count). The predicted octanol–water partition coefficient (Wildman–Crippen LogP) is 1.24. The van der Waals surface area contributed by atoms with E-state index in [1.807, 2.05) is 35.8 Å². The van der Waals surface area contributed by atoms with Crippen molar-refractivity contribution in [3.8, 4) is 0 Å². The molecule has 1 amide bonds. The summed E-state index contributed by atoms with van der Waals surface area (Å²) in [7, 11) is -3.70. The topological polar surface area (TPSA) is 93.1 Å². The maximum Gasteiger partial charge on any atom is 0.241 e. The Kier molecular flexibility index (Phi) is 5.34. The van der Waals surface area contributed by atoms with Crippen LogP contribution >= 0.6 is 0 Å². The monoisotopic (exact) mass is 371 g/mol. The van der Waals surface area contributed by atoms with Crippen molar-refractivity contribution in [2.24, 2.45) is 0 Å². The molecule has 8 heteroatoms. The van der Waals surface area contributed by atoms with Crippen LogP contribution in [0.25, 0.3) is 11.0 Å². The van der Waals surface area contributed by atoms with Crippen LogP contribution in [0, 0.1) is 13.3 Å². The molecule has 135 valence electrons. The fraction of sp³-hybridized carbons (Fsp3) is 0.222. The summed E-state index contributed by atoms with van der Waals surface area (Å²) in [5, 5.41) is 2.68. The molecule has 0 aliphatic carbocycles. The highest BCUT2D eigenvalue weighted by molar-refractivity contribution is 7.89. The molecule has 0 bridgehead atoms. The Hall–Kier alpha value is -2.71. The van der Waals surface area contributed by atoms with Crippen LogP contribution in [0.2, 0.25) is 0 Å². The number of fused-ring (bicyclic) bond motifs is 1. The second kappa shape index (κ2) is 7.67. The molecule has 7 nitrogen and oxygen atoms in total. The first-order valence-corrected chi connectivity index (χ1v) is 9.60. The molecule has 3 aromatic rings. The van der Waals surface area contributed by atoms with Crippen molar-refractivity contribution < 1.29 is 13.2 Å². The van der Waals surface area contributed by atoms with E-state index in [2.05, 4.69) is 21.4 Å². The Balaban J connectivity index is 1.49. The molecule has 0 aliphatic heterocycles. The molecule has 0 aliphatic rings. The quantitative estimate of drug-likeness (QED) is 0.653. The van der Waals surface area contributed by atoms with Crippen LogP contribution in [0.15, 0.2) is 53.4 Å². The Bertz CT molecular complexity index is 1010. The molecular formula is C18H19N4O3S. The molecule has 0 unspecified atom stereocenters. The highest BCUT2D eigenvalue weighted by atomic mass is 32.2. The van der Waals surface area contributed by atoms with Crippen LogP contribution in [0.3, 0.4) is 0 Å². The minimum Gasteiger partial charge on any atom is -0.353 e. The number of nitrogens with zero attached hydrogens (tertiary/aromatic N) is 2. The van der Waals surface area contributed by atoms with E-state index in [1.54, 1.807) is 12.1 Å². The first-order valence-electron chi connectivity index (χ1n) is 8.12. The zero-order valence-electron chi connectivity index (χ0n) is 14.3. The number of hydrogen-bond donors (Lipinski definition) is 2. The third-order valence-electron chi connectivity index (χ3n) is 3.88. The standard InChI is InChI=1S/C18H19N4O3S/c1-14-6-8-15(9-7-14)26(24,25)21-12-18(23)19-10-11-22-13-20-16-4-2-3-5-17(16)22/h2-9,21H,10-12H2,1H3,(H,19,23). The van der Waals surface area contributed by atoms with E-state index in [0.29, 0.717) is 13.1 Å². The molecule has 0 saturated carbocycles. The van der Waals surface area contributed by atoms with Crippen LogP contribution in [0.4, 0.5) is 0 Å². The van der Waals surface area contributed by atoms with Gasteiger partial charge >= 0.3 is 0 Å². The number of carbonyl (C=O) groups is 1. The summed E-state index contributed by atoms with van der Waals surface area (Å²) in [6, 6.07) is 14.1. The Labute approximate surface area is 152 Å². The summed E-state index contributed by atoms with van der Waals surface area (Å²) >= 11 is 0. The molecular weight excluding hydrogens is 352 g/mol. The number of aromatic nitrogens is 2. The van der Waals surface area contributed by atoms with Gasteiger partial charge in [0.1, 0.15) is 0 Å². The van der Waals surface area contributed by atoms with E-state index in [4.69, 9.17) is 0 Å². The van der Waals surface area contributed by atoms with Crippen molar-refractivity contribution in [1.29, 1.82) is 0 Å². The Morgan fingerprint density at radius 3 is 2.65 bits per heavy atom. The van der Waals surface area contributed by atoms with Crippen LogP contribution < -0.4 is 10.0 Å². The van der Waals surface area contributed by atoms with Gasteiger partial charge in [0.2, 0.25) is 15.9 Å². The number of amides is 1. The number of hydrogen-bond acceptors (Lipinski definition) is 4. The van der Waals surface area contributed by atoms with Crippen LogP contribution in [0.5, 0.6) is 0 Å². The van der Waals surface area contributed by atoms with Crippen molar-refractivity contribution in [3.63, 3.8) is 0 Å². The summed E-state index contributed by atoms with van der Waals surface area (Å²) in [5.74, 6) is -0.398. The minimum atomic E-state index is -3.70. The van der Waals surface area contributed by atoms with Crippen LogP contribution in [-0.2, 0) is 21.4 Å². The summed E-state index contributed by atoms with van der Waals surface area (Å²) in [6.45, 7) is 2.40. The van der Waals surface area contributed by atoms with Gasteiger partial charge in [-0.15, -0.1) is 0 Å². The largest absolute Gasteiger partial charge is 0.353 e. The average molecular weight is 371 g/mol. The first-order chi connectivity index (χ1) is 12.5. The third kappa shape index (κ3) is 4.27. The molecule has 2 aromatic carbocycles. The smallest absolute Gasteiger partial charge is 0.241 e. The van der Waals surface area contributed by atoms with Crippen molar-refractivity contribution in [1.82, 2.24) is 19.6 Å². The van der Waals surface area contributed by atoms with Gasteiger partial charge in [0.05, 0.1) is 22.5 Å². The Morgan fingerprint density at radius 2 is 1.88 bits per heavy atom. The van der Waals surface area contributed by atoms with E-state index < -0.39 is 15.9 Å². The van der Waals surface area contributed by atoms with Crippen molar-refractivity contribution >= 4 is 27.0 Å². The number of nitrogens with one attached hydrogen (secondary N) is 2. The number of rotatable bonds is 7. The van der Waals surface area contributed by atoms with Gasteiger partial charge < -0.3 is 9.88 Å². The molecule has 0 saturated heterocycles. The highest BCUT2D eigenvalue weighted by Crippen LogP contribution is 2.11. The van der Waals surface area contributed by atoms with Gasteiger partial charge in [0.25, 0.3) is 0 Å². The molecule has 0 fully saturated rings. The van der Waals surface area contributed by atoms with E-state index in [-0.39, 0.29) is 11.4 Å². The van der Waals surface area contributed by atoms with E-state index in [1.165, 1.54) is 12.1 Å². The Morgan fingerprint density at radius 1 is 1.15 bits per heavy atom. The lowest BCUT2D eigenvalue weighted by Gasteiger charge is -2.09. The maximum atomic E-state index is 12.1. The number of sulfonamides is 1. The van der Waals surface area contributed by atoms with Gasteiger partial charge in [0.15, 0.2) is 6.33 Å². The number of aryl methyl sites for hydroxylation is 1. The number of carbonyl (C=O) groups excluding carboxylic acids is 1. The van der Waals surface area contributed by atoms with Gasteiger partial charge in [-0.1, -0.05) is 29.8 Å². The van der Waals surface area contributed by atoms with Gasteiger partial charge in [-0.05, 0) is 31.2 Å². The van der Waals surface area contributed by atoms with E-state index >= 15 is 0 Å². The molecule has 0 atom stereocenters. The summed E-state index contributed by atoms with van der Waals surface area (Å²) < 4.78 is 28.4. The third-order valence-corrected chi connectivity index (χ3v) is 5.29. The second-order valence-electron chi connectivity index (χ2n) is 5.84. The summed E-state index contributed by atoms with van der Waals surface area (Å²) in [6.07, 6.45) is 2.87. The molecule has 26 heavy (non-hydrogen) atoms. The maximum absolute atomic E-state index is 12.1. The molecule has 1 heterocycles. The molecule has 0 spiro atoms. The highest BCUT2D eigenvalue weighted by Gasteiger charge is 2.15. The van der Waals surface area contributed by atoms with E-state index in [9.17, 15) is 13.2 Å². The molecule has 1 aromatic heterocycles. The summed E-state index contributed by atoms with van der Waals surface area (Å²) in [4.78, 5) is 16.2.